The van der Waals surface area contributed by atoms with E-state index >= 15 is 0 Å². The van der Waals surface area contributed by atoms with Crippen LogP contribution in [0.2, 0.25) is 0 Å². The van der Waals surface area contributed by atoms with Crippen LogP contribution in [0.15, 0.2) is 29.2 Å². The summed E-state index contributed by atoms with van der Waals surface area (Å²) in [4.78, 5) is 19.7. The quantitative estimate of drug-likeness (QED) is 0.882. The van der Waals surface area contributed by atoms with E-state index in [0.717, 1.165) is 11.3 Å². The van der Waals surface area contributed by atoms with E-state index in [1.54, 1.807) is 17.8 Å². The van der Waals surface area contributed by atoms with Gasteiger partial charge in [-0.1, -0.05) is 6.07 Å². The topological polar surface area (TPSA) is 54.9 Å². The van der Waals surface area contributed by atoms with Crippen molar-refractivity contribution in [1.82, 2.24) is 9.97 Å². The van der Waals surface area contributed by atoms with E-state index in [1.807, 2.05) is 18.4 Å². The van der Waals surface area contributed by atoms with Crippen molar-refractivity contribution >= 4 is 23.1 Å². The predicted octanol–water partition coefficient (Wildman–Crippen LogP) is 2.03. The number of hydrogen-bond donors (Lipinski definition) is 1. The molecule has 0 saturated carbocycles. The average molecular weight is 233 g/mol. The molecule has 2 rings (SSSR count). The highest BCUT2D eigenvalue weighted by molar-refractivity contribution is 7.07. The molecular weight excluding hydrogens is 222 g/mol. The minimum absolute atomic E-state index is 0.0951. The zero-order valence-corrected chi connectivity index (χ0v) is 9.62. The van der Waals surface area contributed by atoms with Crippen LogP contribution in [0.1, 0.15) is 11.3 Å². The molecule has 1 amide bonds. The van der Waals surface area contributed by atoms with Gasteiger partial charge in [0.1, 0.15) is 5.82 Å². The summed E-state index contributed by atoms with van der Waals surface area (Å²) < 4.78 is 0. The molecule has 2 heterocycles. The van der Waals surface area contributed by atoms with Crippen molar-refractivity contribution < 1.29 is 4.79 Å². The van der Waals surface area contributed by atoms with Gasteiger partial charge < -0.3 is 5.32 Å². The Morgan fingerprint density at radius 2 is 2.31 bits per heavy atom. The molecule has 0 bridgehead atoms. The van der Waals surface area contributed by atoms with Crippen LogP contribution < -0.4 is 5.32 Å². The van der Waals surface area contributed by atoms with Gasteiger partial charge in [0.25, 0.3) is 0 Å². The molecule has 0 fully saturated rings. The molecule has 0 aromatic carbocycles. The first kappa shape index (κ1) is 10.8. The molecule has 0 atom stereocenters. The first-order valence-corrected chi connectivity index (χ1v) is 5.78. The fourth-order valence-corrected chi connectivity index (χ4v) is 1.78. The van der Waals surface area contributed by atoms with Gasteiger partial charge in [0, 0.05) is 11.6 Å². The molecule has 0 aliphatic heterocycles. The molecule has 2 aromatic rings. The lowest BCUT2D eigenvalue weighted by molar-refractivity contribution is -0.115. The van der Waals surface area contributed by atoms with Crippen LogP contribution in [0.4, 0.5) is 5.82 Å². The average Bonchev–Trinajstić information content (AvgIpc) is 2.74. The number of nitrogens with one attached hydrogen (secondary N) is 1. The molecule has 0 unspecified atom stereocenters. The second kappa shape index (κ2) is 4.85. The van der Waals surface area contributed by atoms with Gasteiger partial charge in [0.2, 0.25) is 5.91 Å². The van der Waals surface area contributed by atoms with Gasteiger partial charge in [0.15, 0.2) is 0 Å². The van der Waals surface area contributed by atoms with Crippen molar-refractivity contribution in [3.8, 4) is 0 Å². The molecular formula is C11H11N3OS. The Labute approximate surface area is 97.4 Å². The molecule has 0 aliphatic rings. The van der Waals surface area contributed by atoms with E-state index in [-0.39, 0.29) is 5.91 Å². The third kappa shape index (κ3) is 2.87. The van der Waals surface area contributed by atoms with E-state index in [2.05, 4.69) is 15.3 Å². The summed E-state index contributed by atoms with van der Waals surface area (Å²) in [6, 6.07) is 3.69. The number of thiazole rings is 1. The minimum Gasteiger partial charge on any atom is -0.310 e. The lowest BCUT2D eigenvalue weighted by Gasteiger charge is -2.02. The molecule has 0 spiro atoms. The van der Waals surface area contributed by atoms with Gasteiger partial charge in [0.05, 0.1) is 17.6 Å². The van der Waals surface area contributed by atoms with Crippen molar-refractivity contribution in [2.45, 2.75) is 13.3 Å². The van der Waals surface area contributed by atoms with Crippen LogP contribution in [-0.2, 0) is 11.2 Å². The largest absolute Gasteiger partial charge is 0.310 e. The van der Waals surface area contributed by atoms with E-state index in [0.29, 0.717) is 12.2 Å². The monoisotopic (exact) mass is 233 g/mol. The second-order valence-corrected chi connectivity index (χ2v) is 4.14. The molecule has 4 nitrogen and oxygen atoms in total. The number of amides is 1. The van der Waals surface area contributed by atoms with Gasteiger partial charge in [-0.2, -0.15) is 0 Å². The third-order valence-electron chi connectivity index (χ3n) is 2.00. The highest BCUT2D eigenvalue weighted by Crippen LogP contribution is 2.06. The van der Waals surface area contributed by atoms with Crippen LogP contribution >= 0.6 is 11.3 Å². The van der Waals surface area contributed by atoms with Crippen LogP contribution in [0.3, 0.4) is 0 Å². The Morgan fingerprint density at radius 3 is 2.94 bits per heavy atom. The summed E-state index contributed by atoms with van der Waals surface area (Å²) in [5.41, 5.74) is 3.57. The number of nitrogens with zero attached hydrogens (tertiary/aromatic N) is 2. The Bertz CT molecular complexity index is 464. The summed E-state index contributed by atoms with van der Waals surface area (Å²) in [7, 11) is 0. The molecule has 0 saturated heterocycles. The van der Waals surface area contributed by atoms with Crippen LogP contribution in [0.25, 0.3) is 0 Å². The van der Waals surface area contributed by atoms with E-state index in [1.165, 1.54) is 11.3 Å². The van der Waals surface area contributed by atoms with Crippen LogP contribution in [0.5, 0.6) is 0 Å². The SMILES string of the molecule is Cc1ccc(NC(=O)Cc2cscn2)nc1. The molecule has 2 aromatic heterocycles. The highest BCUT2D eigenvalue weighted by Gasteiger charge is 2.05. The number of aromatic nitrogens is 2. The molecule has 1 N–H and O–H groups in total. The number of anilines is 1. The summed E-state index contributed by atoms with van der Waals surface area (Å²) in [6.45, 7) is 1.95. The maximum atomic E-state index is 11.6. The van der Waals surface area contributed by atoms with Gasteiger partial charge in [-0.15, -0.1) is 11.3 Å². The van der Waals surface area contributed by atoms with E-state index in [4.69, 9.17) is 0 Å². The van der Waals surface area contributed by atoms with Crippen molar-refractivity contribution in [2.24, 2.45) is 0 Å². The molecule has 0 aliphatic carbocycles. The Kier molecular flexibility index (Phi) is 3.26. The van der Waals surface area contributed by atoms with Gasteiger partial charge in [-0.25, -0.2) is 9.97 Å². The maximum Gasteiger partial charge on any atom is 0.231 e. The summed E-state index contributed by atoms with van der Waals surface area (Å²) >= 11 is 1.48. The van der Waals surface area contributed by atoms with Crippen molar-refractivity contribution in [2.75, 3.05) is 5.32 Å². The van der Waals surface area contributed by atoms with Crippen LogP contribution in [-0.4, -0.2) is 15.9 Å². The normalized spacial score (nSPS) is 10.1. The lowest BCUT2D eigenvalue weighted by Crippen LogP contribution is -2.15. The Morgan fingerprint density at radius 1 is 1.44 bits per heavy atom. The zero-order chi connectivity index (χ0) is 11.4. The second-order valence-electron chi connectivity index (χ2n) is 3.43. The predicted molar refractivity (Wildman–Crippen MR) is 63.4 cm³/mol. The molecule has 0 radical (unpaired) electrons. The maximum absolute atomic E-state index is 11.6. The number of carbonyl (C=O) groups excluding carboxylic acids is 1. The fraction of sp³-hybridized carbons (Fsp3) is 0.182. The third-order valence-corrected chi connectivity index (χ3v) is 2.64. The van der Waals surface area contributed by atoms with Crippen molar-refractivity contribution in [3.63, 3.8) is 0 Å². The first-order chi connectivity index (χ1) is 7.74. The highest BCUT2D eigenvalue weighted by atomic mass is 32.1. The van der Waals surface area contributed by atoms with Crippen molar-refractivity contribution in [3.05, 3.63) is 40.5 Å². The van der Waals surface area contributed by atoms with Crippen molar-refractivity contribution in [1.29, 1.82) is 0 Å². The molecule has 16 heavy (non-hydrogen) atoms. The molecule has 5 heteroatoms. The van der Waals surface area contributed by atoms with Gasteiger partial charge in [-0.3, -0.25) is 4.79 Å². The van der Waals surface area contributed by atoms with Gasteiger partial charge >= 0.3 is 0 Å². The summed E-state index contributed by atoms with van der Waals surface area (Å²) in [5.74, 6) is 0.480. The van der Waals surface area contributed by atoms with Crippen LogP contribution in [0, 0.1) is 6.92 Å². The number of carbonyl (C=O) groups is 1. The van der Waals surface area contributed by atoms with E-state index in [9.17, 15) is 4.79 Å². The minimum atomic E-state index is -0.0951. The number of pyridine rings is 1. The zero-order valence-electron chi connectivity index (χ0n) is 8.80. The number of hydrogen-bond acceptors (Lipinski definition) is 4. The molecule has 82 valence electrons. The lowest BCUT2D eigenvalue weighted by atomic mass is 10.3. The standard InChI is InChI=1S/C11H11N3OS/c1-8-2-3-10(12-5-8)14-11(15)4-9-6-16-7-13-9/h2-3,5-7H,4H2,1H3,(H,12,14,15). The number of rotatable bonds is 3. The van der Waals surface area contributed by atoms with Gasteiger partial charge in [-0.05, 0) is 18.6 Å². The van der Waals surface area contributed by atoms with E-state index < -0.39 is 0 Å². The Balaban J connectivity index is 1.95. The summed E-state index contributed by atoms with van der Waals surface area (Å²) in [6.07, 6.45) is 2.01. The Hall–Kier alpha value is -1.75. The first-order valence-electron chi connectivity index (χ1n) is 4.83. The number of aryl methyl sites for hydroxylation is 1. The fourth-order valence-electron chi connectivity index (χ4n) is 1.22. The smallest absolute Gasteiger partial charge is 0.231 e. The summed E-state index contributed by atoms with van der Waals surface area (Å²) in [5, 5.41) is 4.59.